The van der Waals surface area contributed by atoms with Gasteiger partial charge < -0.3 is 10.6 Å². The molecule has 2 atom stereocenters. The van der Waals surface area contributed by atoms with E-state index in [2.05, 4.69) is 0 Å². The number of hydrogen-bond donors (Lipinski definition) is 1. The third kappa shape index (κ3) is 3.48. The van der Waals surface area contributed by atoms with E-state index in [-0.39, 0.29) is 11.8 Å². The van der Waals surface area contributed by atoms with Crippen LogP contribution < -0.4 is 5.73 Å². The fourth-order valence-corrected chi connectivity index (χ4v) is 3.13. The Morgan fingerprint density at radius 2 is 2.26 bits per heavy atom. The Bertz CT molecular complexity index is 450. The number of amides is 1. The topological polar surface area (TPSA) is 46.3 Å². The number of hydrogen-bond acceptors (Lipinski definition) is 2. The van der Waals surface area contributed by atoms with Crippen molar-refractivity contribution in [1.29, 1.82) is 0 Å². The van der Waals surface area contributed by atoms with Crippen LogP contribution in [0.15, 0.2) is 24.3 Å². The highest BCUT2D eigenvalue weighted by Crippen LogP contribution is 2.32. The predicted molar refractivity (Wildman–Crippen MR) is 77.8 cm³/mol. The molecular weight excluding hydrogens is 260 g/mol. The summed E-state index contributed by atoms with van der Waals surface area (Å²) in [6, 6.07) is 7.65. The largest absolute Gasteiger partial charge is 0.341 e. The Balaban J connectivity index is 1.99. The van der Waals surface area contributed by atoms with Gasteiger partial charge in [-0.05, 0) is 43.0 Å². The van der Waals surface area contributed by atoms with E-state index in [9.17, 15) is 4.79 Å². The van der Waals surface area contributed by atoms with E-state index in [4.69, 9.17) is 17.3 Å². The number of halogens is 1. The smallest absolute Gasteiger partial charge is 0.226 e. The fourth-order valence-electron chi connectivity index (χ4n) is 2.91. The molecule has 0 aromatic heterocycles. The van der Waals surface area contributed by atoms with Crippen molar-refractivity contribution >= 4 is 17.5 Å². The van der Waals surface area contributed by atoms with Crippen LogP contribution in [0.2, 0.25) is 5.02 Å². The summed E-state index contributed by atoms with van der Waals surface area (Å²) >= 11 is 5.96. The van der Waals surface area contributed by atoms with E-state index in [0.29, 0.717) is 24.0 Å². The van der Waals surface area contributed by atoms with Gasteiger partial charge in [0.1, 0.15) is 0 Å². The molecule has 3 nitrogen and oxygen atoms in total. The maximum atomic E-state index is 12.4. The van der Waals surface area contributed by atoms with Crippen LogP contribution in [0.3, 0.4) is 0 Å². The summed E-state index contributed by atoms with van der Waals surface area (Å²) in [5.41, 5.74) is 6.81. The molecule has 1 aliphatic carbocycles. The minimum atomic E-state index is 0.106. The first-order chi connectivity index (χ1) is 9.11. The van der Waals surface area contributed by atoms with E-state index in [1.54, 1.807) is 4.90 Å². The quantitative estimate of drug-likeness (QED) is 0.922. The molecule has 1 saturated carbocycles. The zero-order valence-electron chi connectivity index (χ0n) is 11.3. The van der Waals surface area contributed by atoms with Gasteiger partial charge in [0.25, 0.3) is 0 Å². The number of rotatable bonds is 4. The Morgan fingerprint density at radius 3 is 2.95 bits per heavy atom. The van der Waals surface area contributed by atoms with Crippen LogP contribution in [0.5, 0.6) is 0 Å². The Hall–Kier alpha value is -1.06. The van der Waals surface area contributed by atoms with Gasteiger partial charge in [0, 0.05) is 24.5 Å². The second-order valence-corrected chi connectivity index (χ2v) is 5.79. The van der Waals surface area contributed by atoms with Gasteiger partial charge >= 0.3 is 0 Å². The average Bonchev–Trinajstić information content (AvgIpc) is 2.86. The molecular formula is C15H21ClN2O. The summed E-state index contributed by atoms with van der Waals surface area (Å²) in [5.74, 6) is 0.677. The maximum absolute atomic E-state index is 12.4. The second kappa shape index (κ2) is 6.40. The van der Waals surface area contributed by atoms with Gasteiger partial charge in [-0.1, -0.05) is 30.2 Å². The summed E-state index contributed by atoms with van der Waals surface area (Å²) in [5, 5.41) is 0.707. The zero-order chi connectivity index (χ0) is 13.8. The van der Waals surface area contributed by atoms with Crippen LogP contribution in [0.25, 0.3) is 0 Å². The van der Waals surface area contributed by atoms with Crippen molar-refractivity contribution < 1.29 is 4.79 Å². The highest BCUT2D eigenvalue weighted by atomic mass is 35.5. The Morgan fingerprint density at radius 1 is 1.47 bits per heavy atom. The lowest BCUT2D eigenvalue weighted by Crippen LogP contribution is -2.36. The molecule has 19 heavy (non-hydrogen) atoms. The van der Waals surface area contributed by atoms with Gasteiger partial charge in [0.2, 0.25) is 5.91 Å². The molecule has 0 bridgehead atoms. The molecule has 2 N–H and O–H groups in total. The Labute approximate surface area is 119 Å². The molecule has 104 valence electrons. The third-order valence-corrected chi connectivity index (χ3v) is 4.20. The highest BCUT2D eigenvalue weighted by Gasteiger charge is 2.33. The summed E-state index contributed by atoms with van der Waals surface area (Å²) in [6.07, 6.45) is 3.17. The Kier molecular flexibility index (Phi) is 4.83. The van der Waals surface area contributed by atoms with Crippen LogP contribution >= 0.6 is 11.6 Å². The number of nitrogens with zero attached hydrogens (tertiary/aromatic N) is 1. The van der Waals surface area contributed by atoms with E-state index in [1.807, 2.05) is 31.3 Å². The van der Waals surface area contributed by atoms with Gasteiger partial charge in [0.15, 0.2) is 0 Å². The summed E-state index contributed by atoms with van der Waals surface area (Å²) in [7, 11) is 1.86. The van der Waals surface area contributed by atoms with Gasteiger partial charge in [0.05, 0.1) is 0 Å². The van der Waals surface area contributed by atoms with Crippen molar-refractivity contribution in [2.75, 3.05) is 13.6 Å². The minimum absolute atomic E-state index is 0.106. The molecule has 1 aliphatic rings. The lowest BCUT2D eigenvalue weighted by molar-refractivity contribution is -0.135. The summed E-state index contributed by atoms with van der Waals surface area (Å²) in [4.78, 5) is 14.2. The zero-order valence-corrected chi connectivity index (χ0v) is 12.1. The van der Waals surface area contributed by atoms with E-state index in [1.165, 1.54) is 0 Å². The van der Waals surface area contributed by atoms with Crippen molar-refractivity contribution in [1.82, 2.24) is 4.90 Å². The molecule has 4 heteroatoms. The number of benzene rings is 1. The van der Waals surface area contributed by atoms with Gasteiger partial charge in [-0.15, -0.1) is 0 Å². The molecule has 0 aliphatic heterocycles. The first kappa shape index (κ1) is 14.4. The van der Waals surface area contributed by atoms with Crippen molar-refractivity contribution in [3.8, 4) is 0 Å². The molecule has 1 amide bonds. The number of nitrogens with two attached hydrogens (primary N) is 1. The fraction of sp³-hybridized carbons (Fsp3) is 0.533. The molecule has 0 saturated heterocycles. The normalized spacial score (nSPS) is 22.5. The molecule has 1 aromatic carbocycles. The first-order valence-electron chi connectivity index (χ1n) is 6.81. The van der Waals surface area contributed by atoms with Crippen LogP contribution in [-0.4, -0.2) is 24.4 Å². The molecule has 0 heterocycles. The highest BCUT2D eigenvalue weighted by molar-refractivity contribution is 6.30. The second-order valence-electron chi connectivity index (χ2n) is 5.36. The van der Waals surface area contributed by atoms with Crippen molar-refractivity contribution in [2.45, 2.75) is 25.8 Å². The van der Waals surface area contributed by atoms with Crippen molar-refractivity contribution in [3.63, 3.8) is 0 Å². The predicted octanol–water partition coefficient (Wildman–Crippen LogP) is 2.67. The summed E-state index contributed by atoms with van der Waals surface area (Å²) < 4.78 is 0. The SMILES string of the molecule is CN(Cc1cccc(Cl)c1)C(=O)[C@@H]1CCC[C@@H]1CN. The molecule has 1 aromatic rings. The standard InChI is InChI=1S/C15H21ClN2O/c1-18(10-11-4-2-6-13(16)8-11)15(19)14-7-3-5-12(14)9-17/h2,4,6,8,12,14H,3,5,7,9-10,17H2,1H3/t12-,14-/m1/s1. The average molecular weight is 281 g/mol. The van der Waals surface area contributed by atoms with Crippen LogP contribution in [0.4, 0.5) is 0 Å². The van der Waals surface area contributed by atoms with Gasteiger partial charge in [-0.2, -0.15) is 0 Å². The molecule has 1 fully saturated rings. The monoisotopic (exact) mass is 280 g/mol. The van der Waals surface area contributed by atoms with Crippen molar-refractivity contribution in [3.05, 3.63) is 34.9 Å². The van der Waals surface area contributed by atoms with Crippen LogP contribution in [0, 0.1) is 11.8 Å². The van der Waals surface area contributed by atoms with Crippen molar-refractivity contribution in [2.24, 2.45) is 17.6 Å². The van der Waals surface area contributed by atoms with Crippen LogP contribution in [-0.2, 0) is 11.3 Å². The molecule has 2 rings (SSSR count). The number of carbonyl (C=O) groups excluding carboxylic acids is 1. The summed E-state index contributed by atoms with van der Waals surface area (Å²) in [6.45, 7) is 1.22. The first-order valence-corrected chi connectivity index (χ1v) is 7.19. The molecule has 0 unspecified atom stereocenters. The van der Waals surface area contributed by atoms with Gasteiger partial charge in [-0.3, -0.25) is 4.79 Å². The lowest BCUT2D eigenvalue weighted by Gasteiger charge is -2.24. The molecule has 0 spiro atoms. The van der Waals surface area contributed by atoms with Crippen LogP contribution in [0.1, 0.15) is 24.8 Å². The molecule has 0 radical (unpaired) electrons. The maximum Gasteiger partial charge on any atom is 0.226 e. The number of carbonyl (C=O) groups is 1. The van der Waals surface area contributed by atoms with E-state index < -0.39 is 0 Å². The van der Waals surface area contributed by atoms with E-state index >= 15 is 0 Å². The van der Waals surface area contributed by atoms with Gasteiger partial charge in [-0.25, -0.2) is 0 Å². The third-order valence-electron chi connectivity index (χ3n) is 3.96. The van der Waals surface area contributed by atoms with E-state index in [0.717, 1.165) is 24.8 Å². The lowest BCUT2D eigenvalue weighted by atomic mass is 9.95. The minimum Gasteiger partial charge on any atom is -0.341 e.